The van der Waals surface area contributed by atoms with Gasteiger partial charge in [-0.2, -0.15) is 0 Å². The van der Waals surface area contributed by atoms with E-state index in [1.807, 2.05) is 0 Å². The highest BCUT2D eigenvalue weighted by molar-refractivity contribution is 5.76. The summed E-state index contributed by atoms with van der Waals surface area (Å²) in [5, 5.41) is 11.8. The summed E-state index contributed by atoms with van der Waals surface area (Å²) in [6.07, 6.45) is 3.19. The van der Waals surface area contributed by atoms with Crippen LogP contribution in [0.15, 0.2) is 0 Å². The third kappa shape index (κ3) is 5.92. The molecule has 1 aliphatic heterocycles. The van der Waals surface area contributed by atoms with Crippen LogP contribution in [0, 0.1) is 5.92 Å². The maximum Gasteiger partial charge on any atom is 0.317 e. The molecule has 0 spiro atoms. The van der Waals surface area contributed by atoms with Crippen molar-refractivity contribution in [3.63, 3.8) is 0 Å². The number of aliphatic carboxylic acids is 1. The van der Waals surface area contributed by atoms with Gasteiger partial charge in [-0.1, -0.05) is 6.92 Å². The number of hydrogen-bond donors (Lipinski definition) is 2. The van der Waals surface area contributed by atoms with Crippen LogP contribution in [0.3, 0.4) is 0 Å². The molecule has 0 aromatic heterocycles. The van der Waals surface area contributed by atoms with Crippen molar-refractivity contribution >= 4 is 12.0 Å². The van der Waals surface area contributed by atoms with E-state index in [1.165, 1.54) is 0 Å². The van der Waals surface area contributed by atoms with Gasteiger partial charge >= 0.3 is 12.0 Å². The van der Waals surface area contributed by atoms with Crippen molar-refractivity contribution in [2.24, 2.45) is 5.92 Å². The Kier molecular flexibility index (Phi) is 7.25. The van der Waals surface area contributed by atoms with Crippen LogP contribution in [-0.4, -0.2) is 54.9 Å². The van der Waals surface area contributed by atoms with Crippen LogP contribution in [0.4, 0.5) is 4.79 Å². The number of urea groups is 1. The lowest BCUT2D eigenvalue weighted by atomic mass is 9.99. The molecule has 0 unspecified atom stereocenters. The molecule has 6 nitrogen and oxygen atoms in total. The molecule has 0 saturated carbocycles. The van der Waals surface area contributed by atoms with Gasteiger partial charge in [-0.15, -0.1) is 0 Å². The molecule has 0 bridgehead atoms. The zero-order valence-electron chi connectivity index (χ0n) is 11.6. The Morgan fingerprint density at radius 1 is 1.42 bits per heavy atom. The summed E-state index contributed by atoms with van der Waals surface area (Å²) in [5.41, 5.74) is 0. The van der Waals surface area contributed by atoms with Crippen molar-refractivity contribution < 1.29 is 19.4 Å². The van der Waals surface area contributed by atoms with Crippen LogP contribution in [0.5, 0.6) is 0 Å². The smallest absolute Gasteiger partial charge is 0.317 e. The van der Waals surface area contributed by atoms with Gasteiger partial charge in [0.05, 0.1) is 5.92 Å². The molecule has 1 atom stereocenters. The van der Waals surface area contributed by atoms with Crippen molar-refractivity contribution in [2.45, 2.75) is 32.6 Å². The first-order valence-corrected chi connectivity index (χ1v) is 6.98. The first kappa shape index (κ1) is 15.8. The largest absolute Gasteiger partial charge is 0.481 e. The summed E-state index contributed by atoms with van der Waals surface area (Å²) < 4.78 is 5.32. The van der Waals surface area contributed by atoms with Crippen LogP contribution < -0.4 is 5.32 Å². The summed E-state index contributed by atoms with van der Waals surface area (Å²) in [4.78, 5) is 24.3. The van der Waals surface area contributed by atoms with Crippen LogP contribution in [0.25, 0.3) is 0 Å². The van der Waals surface area contributed by atoms with Gasteiger partial charge in [0.1, 0.15) is 0 Å². The molecular weight excluding hydrogens is 248 g/mol. The molecule has 1 heterocycles. The number of rotatable bonds is 7. The second kappa shape index (κ2) is 8.74. The lowest BCUT2D eigenvalue weighted by Gasteiger charge is -2.30. The summed E-state index contributed by atoms with van der Waals surface area (Å²) in [5.74, 6) is -1.24. The van der Waals surface area contributed by atoms with Crippen LogP contribution >= 0.6 is 0 Å². The quantitative estimate of drug-likeness (QED) is 0.685. The summed E-state index contributed by atoms with van der Waals surface area (Å²) in [6, 6.07) is -0.165. The fraction of sp³-hybridized carbons (Fsp3) is 0.846. The number of hydrogen-bond acceptors (Lipinski definition) is 3. The van der Waals surface area contributed by atoms with Gasteiger partial charge in [-0.25, -0.2) is 4.79 Å². The molecule has 2 N–H and O–H groups in total. The SMILES string of the molecule is CCCOCCCNC(=O)N1CCC[C@H](C(=O)O)C1. The minimum Gasteiger partial charge on any atom is -0.481 e. The van der Waals surface area contributed by atoms with Gasteiger partial charge < -0.3 is 20.1 Å². The molecule has 0 radical (unpaired) electrons. The Bertz CT molecular complexity index is 296. The van der Waals surface area contributed by atoms with Crippen molar-refractivity contribution in [1.82, 2.24) is 10.2 Å². The fourth-order valence-corrected chi connectivity index (χ4v) is 2.09. The first-order valence-electron chi connectivity index (χ1n) is 6.98. The average Bonchev–Trinajstić information content (AvgIpc) is 2.42. The van der Waals surface area contributed by atoms with Gasteiger partial charge in [0.15, 0.2) is 0 Å². The Labute approximate surface area is 114 Å². The van der Waals surface area contributed by atoms with Gasteiger partial charge in [-0.3, -0.25) is 4.79 Å². The number of nitrogens with zero attached hydrogens (tertiary/aromatic N) is 1. The molecule has 1 fully saturated rings. The molecule has 6 heteroatoms. The standard InChI is InChI=1S/C13H24N2O4/c1-2-8-19-9-4-6-14-13(18)15-7-3-5-11(10-15)12(16)17/h11H,2-10H2,1H3,(H,14,18)(H,16,17)/t11-/m0/s1. The zero-order valence-corrected chi connectivity index (χ0v) is 11.6. The van der Waals surface area contributed by atoms with E-state index in [0.29, 0.717) is 32.7 Å². The molecule has 1 rings (SSSR count). The maximum atomic E-state index is 11.8. The number of piperidine rings is 1. The van der Waals surface area contributed by atoms with Gasteiger partial charge in [0, 0.05) is 32.8 Å². The summed E-state index contributed by atoms with van der Waals surface area (Å²) in [6.45, 7) is 4.97. The van der Waals surface area contributed by atoms with Crippen LogP contribution in [0.2, 0.25) is 0 Å². The zero-order chi connectivity index (χ0) is 14.1. The van der Waals surface area contributed by atoms with E-state index in [4.69, 9.17) is 9.84 Å². The lowest BCUT2D eigenvalue weighted by Crippen LogP contribution is -2.47. The molecule has 0 aromatic rings. The topological polar surface area (TPSA) is 78.9 Å². The fourth-order valence-electron chi connectivity index (χ4n) is 2.09. The van der Waals surface area contributed by atoms with Gasteiger partial charge in [0.25, 0.3) is 0 Å². The van der Waals surface area contributed by atoms with E-state index < -0.39 is 11.9 Å². The number of carboxylic acid groups (broad SMARTS) is 1. The third-order valence-electron chi connectivity index (χ3n) is 3.15. The van der Waals surface area contributed by atoms with Crippen LogP contribution in [0.1, 0.15) is 32.6 Å². The highest BCUT2D eigenvalue weighted by Gasteiger charge is 2.27. The Balaban J connectivity index is 2.16. The predicted molar refractivity (Wildman–Crippen MR) is 71.1 cm³/mol. The second-order valence-corrected chi connectivity index (χ2v) is 4.82. The Morgan fingerprint density at radius 3 is 2.89 bits per heavy atom. The van der Waals surface area contributed by atoms with E-state index in [9.17, 15) is 9.59 Å². The molecule has 2 amide bonds. The number of amides is 2. The van der Waals surface area contributed by atoms with Crippen molar-refractivity contribution in [3.8, 4) is 0 Å². The molecule has 110 valence electrons. The molecule has 1 saturated heterocycles. The van der Waals surface area contributed by atoms with Crippen LogP contribution in [-0.2, 0) is 9.53 Å². The number of carbonyl (C=O) groups is 2. The second-order valence-electron chi connectivity index (χ2n) is 4.82. The average molecular weight is 272 g/mol. The number of likely N-dealkylation sites (tertiary alicyclic amines) is 1. The number of carboxylic acids is 1. The highest BCUT2D eigenvalue weighted by atomic mass is 16.5. The minimum atomic E-state index is -0.814. The number of ether oxygens (including phenoxy) is 1. The van der Waals surface area contributed by atoms with E-state index >= 15 is 0 Å². The van der Waals surface area contributed by atoms with Gasteiger partial charge in [-0.05, 0) is 25.7 Å². The normalized spacial score (nSPS) is 19.2. The number of nitrogens with one attached hydrogen (secondary N) is 1. The summed E-state index contributed by atoms with van der Waals surface area (Å²) in [7, 11) is 0. The highest BCUT2D eigenvalue weighted by Crippen LogP contribution is 2.16. The molecule has 19 heavy (non-hydrogen) atoms. The maximum absolute atomic E-state index is 11.8. The Hall–Kier alpha value is -1.30. The summed E-state index contributed by atoms with van der Waals surface area (Å²) >= 11 is 0. The van der Waals surface area contributed by atoms with E-state index in [2.05, 4.69) is 12.2 Å². The molecular formula is C13H24N2O4. The minimum absolute atomic E-state index is 0.165. The first-order chi connectivity index (χ1) is 9.15. The van der Waals surface area contributed by atoms with E-state index in [-0.39, 0.29) is 6.03 Å². The third-order valence-corrected chi connectivity index (χ3v) is 3.15. The van der Waals surface area contributed by atoms with Gasteiger partial charge in [0.2, 0.25) is 0 Å². The van der Waals surface area contributed by atoms with Crippen molar-refractivity contribution in [2.75, 3.05) is 32.8 Å². The molecule has 0 aromatic carbocycles. The van der Waals surface area contributed by atoms with Crippen molar-refractivity contribution in [3.05, 3.63) is 0 Å². The van der Waals surface area contributed by atoms with Crippen molar-refractivity contribution in [1.29, 1.82) is 0 Å². The van der Waals surface area contributed by atoms with E-state index in [0.717, 1.165) is 25.9 Å². The molecule has 0 aliphatic carbocycles. The lowest BCUT2D eigenvalue weighted by molar-refractivity contribution is -0.143. The molecule has 1 aliphatic rings. The Morgan fingerprint density at radius 2 is 2.21 bits per heavy atom. The predicted octanol–water partition coefficient (Wildman–Crippen LogP) is 1.31. The number of carbonyl (C=O) groups excluding carboxylic acids is 1. The monoisotopic (exact) mass is 272 g/mol. The van der Waals surface area contributed by atoms with E-state index in [1.54, 1.807) is 4.90 Å².